The number of ether oxygens (including phenoxy) is 1. The zero-order valence-corrected chi connectivity index (χ0v) is 13.0. The van der Waals surface area contributed by atoms with Crippen molar-refractivity contribution in [2.45, 2.75) is 0 Å². The van der Waals surface area contributed by atoms with Crippen molar-refractivity contribution in [2.24, 2.45) is 0 Å². The predicted molar refractivity (Wildman–Crippen MR) is 90.7 cm³/mol. The maximum Gasteiger partial charge on any atom is 0.210 e. The number of carbonyl (C=O) groups is 1. The first-order valence-corrected chi connectivity index (χ1v) is 7.94. The second-order valence-electron chi connectivity index (χ2n) is 4.90. The van der Waals surface area contributed by atoms with Crippen LogP contribution in [0.5, 0.6) is 5.75 Å². The van der Waals surface area contributed by atoms with E-state index in [-0.39, 0.29) is 12.4 Å². The monoisotopic (exact) mass is 319 g/mol. The molecule has 1 aromatic heterocycles. The van der Waals surface area contributed by atoms with Crippen LogP contribution >= 0.6 is 11.3 Å². The molecule has 112 valence electrons. The van der Waals surface area contributed by atoms with Crippen LogP contribution in [0.3, 0.4) is 0 Å². The van der Waals surface area contributed by atoms with Crippen molar-refractivity contribution in [2.75, 3.05) is 6.61 Å². The van der Waals surface area contributed by atoms with Gasteiger partial charge in [-0.05, 0) is 46.8 Å². The van der Waals surface area contributed by atoms with Crippen LogP contribution in [-0.4, -0.2) is 12.4 Å². The lowest BCUT2D eigenvalue weighted by atomic mass is 10.0. The molecule has 2 aromatic carbocycles. The molecule has 0 spiro atoms. The highest BCUT2D eigenvalue weighted by Crippen LogP contribution is 2.23. The Morgan fingerprint density at radius 1 is 1.00 bits per heavy atom. The summed E-state index contributed by atoms with van der Waals surface area (Å²) < 4.78 is 5.53. The van der Waals surface area contributed by atoms with E-state index in [0.717, 1.165) is 11.1 Å². The number of nitrogens with zero attached hydrogens (tertiary/aromatic N) is 1. The fourth-order valence-electron chi connectivity index (χ4n) is 2.14. The van der Waals surface area contributed by atoms with E-state index >= 15 is 0 Å². The van der Waals surface area contributed by atoms with Crippen LogP contribution in [0.25, 0.3) is 11.1 Å². The first kappa shape index (κ1) is 15.0. The molecule has 0 bridgehead atoms. The summed E-state index contributed by atoms with van der Waals surface area (Å²) in [4.78, 5) is 12.6. The number of ketones is 1. The van der Waals surface area contributed by atoms with Gasteiger partial charge in [0, 0.05) is 0 Å². The molecule has 1 heterocycles. The van der Waals surface area contributed by atoms with E-state index < -0.39 is 0 Å². The summed E-state index contributed by atoms with van der Waals surface area (Å²) in [5.74, 6) is 0.642. The molecule has 0 unspecified atom stereocenters. The van der Waals surface area contributed by atoms with Crippen molar-refractivity contribution >= 4 is 17.1 Å². The van der Waals surface area contributed by atoms with E-state index in [4.69, 9.17) is 10.00 Å². The molecule has 0 atom stereocenters. The van der Waals surface area contributed by atoms with Crippen LogP contribution in [0.4, 0.5) is 0 Å². The van der Waals surface area contributed by atoms with E-state index in [1.165, 1.54) is 11.3 Å². The second kappa shape index (κ2) is 6.91. The third-order valence-electron chi connectivity index (χ3n) is 3.37. The van der Waals surface area contributed by atoms with Gasteiger partial charge in [-0.3, -0.25) is 4.79 Å². The van der Waals surface area contributed by atoms with Gasteiger partial charge in [0.1, 0.15) is 5.75 Å². The third kappa shape index (κ3) is 3.65. The minimum atomic E-state index is -0.0174. The number of rotatable bonds is 5. The fraction of sp³-hybridized carbons (Fsp3) is 0.0526. The largest absolute Gasteiger partial charge is 0.485 e. The number of Topliss-reactive ketones (excluding diaryl/α,β-unsaturated/α-hetero) is 1. The minimum Gasteiger partial charge on any atom is -0.485 e. The molecule has 0 saturated heterocycles. The van der Waals surface area contributed by atoms with Crippen LogP contribution in [0.15, 0.2) is 66.0 Å². The van der Waals surface area contributed by atoms with Gasteiger partial charge in [-0.1, -0.05) is 30.3 Å². The van der Waals surface area contributed by atoms with E-state index in [0.29, 0.717) is 16.2 Å². The van der Waals surface area contributed by atoms with Crippen LogP contribution in [-0.2, 0) is 0 Å². The Labute approximate surface area is 138 Å². The summed E-state index contributed by atoms with van der Waals surface area (Å²) in [5, 5.41) is 10.7. The molecule has 3 rings (SSSR count). The molecule has 4 heteroatoms. The minimum absolute atomic E-state index is 0.0174. The average molecular weight is 319 g/mol. The molecule has 0 radical (unpaired) electrons. The summed E-state index contributed by atoms with van der Waals surface area (Å²) in [7, 11) is 0. The lowest BCUT2D eigenvalue weighted by Gasteiger charge is -2.06. The number of hydrogen-bond acceptors (Lipinski definition) is 4. The van der Waals surface area contributed by atoms with Gasteiger partial charge < -0.3 is 4.74 Å². The van der Waals surface area contributed by atoms with Crippen LogP contribution in [0, 0.1) is 11.3 Å². The highest BCUT2D eigenvalue weighted by atomic mass is 32.1. The normalized spacial score (nSPS) is 10.0. The first-order chi connectivity index (χ1) is 11.3. The summed E-state index contributed by atoms with van der Waals surface area (Å²) in [6.45, 7) is 0.0384. The van der Waals surface area contributed by atoms with Gasteiger partial charge in [0.2, 0.25) is 5.78 Å². The predicted octanol–water partition coefficient (Wildman–Crippen LogP) is 4.55. The molecule has 0 aliphatic rings. The average Bonchev–Trinajstić information content (AvgIpc) is 3.15. The second-order valence-corrected chi connectivity index (χ2v) is 5.85. The van der Waals surface area contributed by atoms with Gasteiger partial charge >= 0.3 is 0 Å². The molecule has 3 aromatic rings. The Bertz CT molecular complexity index is 829. The molecule has 0 fully saturated rings. The number of thiophene rings is 1. The van der Waals surface area contributed by atoms with Crippen LogP contribution < -0.4 is 4.74 Å². The quantitative estimate of drug-likeness (QED) is 0.648. The molecular formula is C19H13NO2S. The van der Waals surface area contributed by atoms with Gasteiger partial charge in [-0.25, -0.2) is 0 Å². The highest BCUT2D eigenvalue weighted by molar-refractivity contribution is 7.12. The van der Waals surface area contributed by atoms with Crippen LogP contribution in [0.1, 0.15) is 15.2 Å². The smallest absolute Gasteiger partial charge is 0.210 e. The molecule has 3 nitrogen and oxygen atoms in total. The van der Waals surface area contributed by atoms with Crippen molar-refractivity contribution in [3.8, 4) is 22.9 Å². The van der Waals surface area contributed by atoms with E-state index in [2.05, 4.69) is 6.07 Å². The lowest BCUT2D eigenvalue weighted by Crippen LogP contribution is -2.09. The van der Waals surface area contributed by atoms with Crippen molar-refractivity contribution < 1.29 is 9.53 Å². The zero-order valence-electron chi connectivity index (χ0n) is 12.2. The zero-order chi connectivity index (χ0) is 16.1. The third-order valence-corrected chi connectivity index (χ3v) is 4.28. The number of benzene rings is 2. The standard InChI is InChI=1S/C19H13NO2S/c20-12-14-3-5-15(6-4-14)16-7-9-17(10-8-16)22-13-18(21)19-2-1-11-23-19/h1-11H,13H2. The van der Waals surface area contributed by atoms with Crippen molar-refractivity contribution in [1.29, 1.82) is 5.26 Å². The van der Waals surface area contributed by atoms with E-state index in [1.807, 2.05) is 47.8 Å². The van der Waals surface area contributed by atoms with Gasteiger partial charge in [-0.15, -0.1) is 11.3 Å². The maximum absolute atomic E-state index is 11.9. The maximum atomic E-state index is 11.9. The molecule has 0 saturated carbocycles. The Kier molecular flexibility index (Phi) is 4.51. The van der Waals surface area contributed by atoms with E-state index in [9.17, 15) is 4.79 Å². The Morgan fingerprint density at radius 2 is 1.65 bits per heavy atom. The van der Waals surface area contributed by atoms with Gasteiger partial charge in [0.25, 0.3) is 0 Å². The summed E-state index contributed by atoms with van der Waals surface area (Å²) in [6, 6.07) is 20.7. The topological polar surface area (TPSA) is 50.1 Å². The fourth-order valence-corrected chi connectivity index (χ4v) is 2.79. The van der Waals surface area contributed by atoms with Gasteiger partial charge in [0.05, 0.1) is 16.5 Å². The first-order valence-electron chi connectivity index (χ1n) is 7.06. The van der Waals surface area contributed by atoms with Crippen molar-refractivity contribution in [1.82, 2.24) is 0 Å². The number of nitriles is 1. The highest BCUT2D eigenvalue weighted by Gasteiger charge is 2.07. The lowest BCUT2D eigenvalue weighted by molar-refractivity contribution is 0.0925. The van der Waals surface area contributed by atoms with Gasteiger partial charge in [0.15, 0.2) is 6.61 Å². The van der Waals surface area contributed by atoms with Crippen molar-refractivity contribution in [3.05, 3.63) is 76.5 Å². The molecule has 0 aliphatic carbocycles. The molecular weight excluding hydrogens is 306 g/mol. The van der Waals surface area contributed by atoms with Gasteiger partial charge in [-0.2, -0.15) is 5.26 Å². The summed E-state index contributed by atoms with van der Waals surface area (Å²) in [5.41, 5.74) is 2.71. The van der Waals surface area contributed by atoms with Crippen molar-refractivity contribution in [3.63, 3.8) is 0 Å². The summed E-state index contributed by atoms with van der Waals surface area (Å²) >= 11 is 1.42. The number of hydrogen-bond donors (Lipinski definition) is 0. The molecule has 0 amide bonds. The van der Waals surface area contributed by atoms with E-state index in [1.54, 1.807) is 18.2 Å². The molecule has 0 aliphatic heterocycles. The number of carbonyl (C=O) groups excluding carboxylic acids is 1. The SMILES string of the molecule is N#Cc1ccc(-c2ccc(OCC(=O)c3cccs3)cc2)cc1. The molecule has 23 heavy (non-hydrogen) atoms. The Balaban J connectivity index is 1.65. The molecule has 0 N–H and O–H groups in total. The Hall–Kier alpha value is -2.90. The summed E-state index contributed by atoms with van der Waals surface area (Å²) in [6.07, 6.45) is 0. The Morgan fingerprint density at radius 3 is 2.22 bits per heavy atom. The van der Waals surface area contributed by atoms with Crippen LogP contribution in [0.2, 0.25) is 0 Å².